The van der Waals surface area contributed by atoms with Gasteiger partial charge in [0.1, 0.15) is 0 Å². The van der Waals surface area contributed by atoms with Crippen LogP contribution in [-0.4, -0.2) is 35.4 Å². The molecule has 0 spiro atoms. The summed E-state index contributed by atoms with van der Waals surface area (Å²) in [6.07, 6.45) is 8.62. The summed E-state index contributed by atoms with van der Waals surface area (Å²) in [6, 6.07) is 14.1. The van der Waals surface area contributed by atoms with Gasteiger partial charge in [-0.25, -0.2) is 9.67 Å². The minimum absolute atomic E-state index is 0.0640. The van der Waals surface area contributed by atoms with Gasteiger partial charge >= 0.3 is 0 Å². The fraction of sp³-hybridized carbons (Fsp3) is 0.226. The Kier molecular flexibility index (Phi) is 8.07. The Hall–Kier alpha value is -4.38. The first-order chi connectivity index (χ1) is 20.8. The number of nitrogens with zero attached hydrogens (tertiary/aromatic N) is 6. The lowest BCUT2D eigenvalue weighted by molar-refractivity contribution is -0.119. The predicted octanol–water partition coefficient (Wildman–Crippen LogP) is 5.67. The van der Waals surface area contributed by atoms with Crippen LogP contribution in [0.1, 0.15) is 43.4 Å². The van der Waals surface area contributed by atoms with E-state index in [1.54, 1.807) is 47.7 Å². The summed E-state index contributed by atoms with van der Waals surface area (Å²) in [7, 11) is 0. The Balaban J connectivity index is 1.43. The normalized spacial score (nSPS) is 17.0. The molecule has 218 valence electrons. The van der Waals surface area contributed by atoms with Crippen LogP contribution in [0.4, 0.5) is 5.69 Å². The third kappa shape index (κ3) is 5.94. The van der Waals surface area contributed by atoms with Crippen LogP contribution in [0.5, 0.6) is 0 Å². The van der Waals surface area contributed by atoms with Gasteiger partial charge in [0.15, 0.2) is 5.15 Å². The molecule has 43 heavy (non-hydrogen) atoms. The molecule has 2 bridgehead atoms. The van der Waals surface area contributed by atoms with E-state index < -0.39 is 0 Å². The number of benzene rings is 2. The second-order valence-electron chi connectivity index (χ2n) is 10.6. The van der Waals surface area contributed by atoms with Crippen LogP contribution in [0.25, 0.3) is 28.1 Å². The van der Waals surface area contributed by atoms with Crippen molar-refractivity contribution >= 4 is 34.8 Å². The minimum Gasteiger partial charge on any atom is -0.326 e. The number of hydrogen-bond acceptors (Lipinski definition) is 7. The summed E-state index contributed by atoms with van der Waals surface area (Å²) in [5.41, 5.74) is 11.4. The van der Waals surface area contributed by atoms with Gasteiger partial charge in [-0.2, -0.15) is 0 Å². The number of amides is 1. The van der Waals surface area contributed by atoms with E-state index in [9.17, 15) is 9.59 Å². The molecule has 10 nitrogen and oxygen atoms in total. The molecule has 1 aliphatic heterocycles. The summed E-state index contributed by atoms with van der Waals surface area (Å²) in [4.78, 5) is 36.0. The number of rotatable bonds is 4. The van der Waals surface area contributed by atoms with Gasteiger partial charge in [-0.1, -0.05) is 53.9 Å². The molecule has 0 aliphatic carbocycles. The molecule has 0 saturated carbocycles. The van der Waals surface area contributed by atoms with E-state index in [2.05, 4.69) is 25.6 Å². The molecule has 2 aromatic carbocycles. The zero-order valence-corrected chi connectivity index (χ0v) is 24.8. The standard InChI is InChI=1S/C31H28Cl2N8O2/c1-18-3-2-4-27(21-10-20(14-35-15-21)23-7-5-19(13-34)9-26(23)37-31(18)43)40-17-36-25(12-30(40)42)24-11-22(32)6-8-28(24)41-16-29(33)38-39-41/h5-12,14-18,27H,2-4,13,34H2,1H3,(H,37,43). The number of aromatic nitrogens is 6. The van der Waals surface area contributed by atoms with Crippen molar-refractivity contribution in [3.63, 3.8) is 0 Å². The highest BCUT2D eigenvalue weighted by Crippen LogP contribution is 2.34. The molecular weight excluding hydrogens is 587 g/mol. The van der Waals surface area contributed by atoms with Crippen molar-refractivity contribution in [2.45, 2.75) is 38.8 Å². The maximum absolute atomic E-state index is 13.7. The van der Waals surface area contributed by atoms with E-state index in [1.807, 2.05) is 31.2 Å². The summed E-state index contributed by atoms with van der Waals surface area (Å²) in [6.45, 7) is 2.27. The fourth-order valence-corrected chi connectivity index (χ4v) is 5.70. The number of halogens is 2. The first-order valence-corrected chi connectivity index (χ1v) is 14.6. The molecule has 4 heterocycles. The van der Waals surface area contributed by atoms with Crippen molar-refractivity contribution in [2.24, 2.45) is 11.7 Å². The van der Waals surface area contributed by atoms with E-state index in [0.717, 1.165) is 22.3 Å². The molecule has 3 aromatic heterocycles. The van der Waals surface area contributed by atoms with Crippen LogP contribution in [0.15, 0.2) is 78.2 Å². The molecule has 2 atom stereocenters. The molecule has 0 fully saturated rings. The number of hydrogen-bond donors (Lipinski definition) is 2. The average molecular weight is 616 g/mol. The molecule has 2 unspecified atom stereocenters. The third-order valence-electron chi connectivity index (χ3n) is 7.71. The number of carbonyl (C=O) groups is 1. The van der Waals surface area contributed by atoms with Crippen molar-refractivity contribution in [1.82, 2.24) is 29.5 Å². The maximum Gasteiger partial charge on any atom is 0.254 e. The van der Waals surface area contributed by atoms with Crippen molar-refractivity contribution in [1.29, 1.82) is 0 Å². The number of carbonyl (C=O) groups excluding carboxylic acids is 1. The first-order valence-electron chi connectivity index (χ1n) is 13.9. The van der Waals surface area contributed by atoms with Crippen molar-refractivity contribution in [3.8, 4) is 28.1 Å². The highest BCUT2D eigenvalue weighted by Gasteiger charge is 2.23. The smallest absolute Gasteiger partial charge is 0.254 e. The van der Waals surface area contributed by atoms with E-state index in [-0.39, 0.29) is 28.6 Å². The minimum atomic E-state index is -0.351. The van der Waals surface area contributed by atoms with Crippen LogP contribution >= 0.6 is 23.2 Å². The van der Waals surface area contributed by atoms with Gasteiger partial charge in [0.25, 0.3) is 5.56 Å². The number of pyridine rings is 1. The monoisotopic (exact) mass is 614 g/mol. The van der Waals surface area contributed by atoms with Gasteiger partial charge < -0.3 is 11.1 Å². The molecule has 5 aromatic rings. The molecule has 1 aliphatic rings. The SMILES string of the molecule is CC1CCCC(n2cnc(-c3cc(Cl)ccc3-n3cc(Cl)nn3)cc2=O)c2cncc(c2)-c2ccc(CN)cc2NC1=O. The Morgan fingerprint density at radius 3 is 2.65 bits per heavy atom. The van der Waals surface area contributed by atoms with Crippen molar-refractivity contribution < 1.29 is 4.79 Å². The van der Waals surface area contributed by atoms with E-state index in [4.69, 9.17) is 28.9 Å². The van der Waals surface area contributed by atoms with Crippen LogP contribution in [0.3, 0.4) is 0 Å². The maximum atomic E-state index is 13.7. The zero-order chi connectivity index (χ0) is 30.1. The average Bonchev–Trinajstić information content (AvgIpc) is 3.44. The Morgan fingerprint density at radius 2 is 1.88 bits per heavy atom. The van der Waals surface area contributed by atoms with Crippen molar-refractivity contribution in [2.75, 3.05) is 5.32 Å². The second kappa shape index (κ2) is 12.1. The topological polar surface area (TPSA) is 134 Å². The molecule has 12 heteroatoms. The van der Waals surface area contributed by atoms with Crippen molar-refractivity contribution in [3.05, 3.63) is 105 Å². The molecule has 6 rings (SSSR count). The van der Waals surface area contributed by atoms with Gasteiger partial charge in [0, 0.05) is 58.3 Å². The van der Waals surface area contributed by atoms with Crippen LogP contribution < -0.4 is 16.6 Å². The Bertz CT molecular complexity index is 1890. The summed E-state index contributed by atoms with van der Waals surface area (Å²) < 4.78 is 3.13. The quantitative estimate of drug-likeness (QED) is 0.266. The molecule has 1 amide bonds. The van der Waals surface area contributed by atoms with Gasteiger partial charge in [-0.15, -0.1) is 5.10 Å². The number of nitrogens with two attached hydrogens (primary N) is 1. The molecule has 0 radical (unpaired) electrons. The lowest BCUT2D eigenvalue weighted by atomic mass is 9.93. The Morgan fingerprint density at radius 1 is 1.02 bits per heavy atom. The van der Waals surface area contributed by atoms with E-state index >= 15 is 0 Å². The number of anilines is 1. The van der Waals surface area contributed by atoms with E-state index in [1.165, 1.54) is 10.7 Å². The fourth-order valence-electron chi connectivity index (χ4n) is 5.40. The van der Waals surface area contributed by atoms with Gasteiger partial charge in [-0.05, 0) is 54.3 Å². The van der Waals surface area contributed by atoms with Gasteiger partial charge in [0.2, 0.25) is 5.91 Å². The lowest BCUT2D eigenvalue weighted by Gasteiger charge is -2.23. The first kappa shape index (κ1) is 28.7. The van der Waals surface area contributed by atoms with Crippen LogP contribution in [0.2, 0.25) is 10.2 Å². The lowest BCUT2D eigenvalue weighted by Crippen LogP contribution is -2.26. The van der Waals surface area contributed by atoms with Crippen LogP contribution in [-0.2, 0) is 11.3 Å². The molecule has 0 saturated heterocycles. The second-order valence-corrected chi connectivity index (χ2v) is 11.4. The number of fused-ring (bicyclic) bond motifs is 4. The summed E-state index contributed by atoms with van der Waals surface area (Å²) in [5.74, 6) is -0.291. The molecule has 3 N–H and O–H groups in total. The Labute approximate surface area is 257 Å². The van der Waals surface area contributed by atoms with Gasteiger partial charge in [-0.3, -0.25) is 19.1 Å². The highest BCUT2D eigenvalue weighted by atomic mass is 35.5. The highest BCUT2D eigenvalue weighted by molar-refractivity contribution is 6.31. The number of nitrogens with one attached hydrogen (secondary N) is 1. The summed E-state index contributed by atoms with van der Waals surface area (Å²) in [5, 5.41) is 11.7. The zero-order valence-electron chi connectivity index (χ0n) is 23.2. The third-order valence-corrected chi connectivity index (χ3v) is 8.12. The van der Waals surface area contributed by atoms with Crippen LogP contribution in [0, 0.1) is 5.92 Å². The van der Waals surface area contributed by atoms with Gasteiger partial charge in [0.05, 0.1) is 29.9 Å². The molecular formula is C31H28Cl2N8O2. The summed E-state index contributed by atoms with van der Waals surface area (Å²) >= 11 is 12.3. The largest absolute Gasteiger partial charge is 0.326 e. The van der Waals surface area contributed by atoms with E-state index in [0.29, 0.717) is 53.5 Å². The predicted molar refractivity (Wildman–Crippen MR) is 166 cm³/mol.